The third kappa shape index (κ3) is 21.0. The van der Waals surface area contributed by atoms with E-state index < -0.39 is 0 Å². The molecule has 0 saturated heterocycles. The zero-order chi connectivity index (χ0) is 19.3. The normalized spacial score (nSPS) is 10.8. The second kappa shape index (κ2) is 22.0. The molecule has 0 aromatic carbocycles. The van der Waals surface area contributed by atoms with Gasteiger partial charge >= 0.3 is 0 Å². The van der Waals surface area contributed by atoms with Crippen LogP contribution in [0.25, 0.3) is 0 Å². The van der Waals surface area contributed by atoms with Gasteiger partial charge in [-0.15, -0.1) is 0 Å². The van der Waals surface area contributed by atoms with Crippen molar-refractivity contribution in [3.8, 4) is 0 Å². The molecule has 0 unspecified atom stereocenters. The van der Waals surface area contributed by atoms with Crippen molar-refractivity contribution in [3.63, 3.8) is 0 Å². The molecule has 154 valence electrons. The largest absolute Gasteiger partial charge is 0.379 e. The summed E-state index contributed by atoms with van der Waals surface area (Å²) in [5.41, 5.74) is 0. The van der Waals surface area contributed by atoms with E-state index in [1.807, 2.05) is 21.6 Å². The monoisotopic (exact) mass is 435 g/mol. The van der Waals surface area contributed by atoms with Crippen molar-refractivity contribution in [1.29, 1.82) is 0 Å². The highest BCUT2D eigenvalue weighted by Crippen LogP contribution is 2.22. The first-order valence-corrected chi connectivity index (χ1v) is 14.0. The SMILES string of the molecule is CCCCCCCCCCCCC(=S)NCCSSCCCC(=S)CC. The lowest BCUT2D eigenvalue weighted by Gasteiger charge is -2.08. The summed E-state index contributed by atoms with van der Waals surface area (Å²) in [6.07, 6.45) is 18.3. The molecule has 0 bridgehead atoms. The molecule has 26 heavy (non-hydrogen) atoms. The van der Waals surface area contributed by atoms with E-state index in [0.717, 1.165) is 36.5 Å². The number of nitrogens with one attached hydrogen (secondary N) is 1. The summed E-state index contributed by atoms with van der Waals surface area (Å²) in [7, 11) is 3.92. The van der Waals surface area contributed by atoms with Gasteiger partial charge < -0.3 is 5.32 Å². The molecule has 0 saturated carbocycles. The van der Waals surface area contributed by atoms with Crippen LogP contribution < -0.4 is 5.32 Å². The third-order valence-corrected chi connectivity index (χ3v) is 7.76. The highest BCUT2D eigenvalue weighted by Gasteiger charge is 1.99. The summed E-state index contributed by atoms with van der Waals surface area (Å²) in [5, 5.41) is 3.41. The van der Waals surface area contributed by atoms with Crippen LogP contribution in [0.5, 0.6) is 0 Å². The summed E-state index contributed by atoms with van der Waals surface area (Å²) in [6, 6.07) is 0. The van der Waals surface area contributed by atoms with Gasteiger partial charge in [0.05, 0.1) is 4.99 Å². The summed E-state index contributed by atoms with van der Waals surface area (Å²) in [5.74, 6) is 2.33. The van der Waals surface area contributed by atoms with Crippen molar-refractivity contribution in [2.75, 3.05) is 18.1 Å². The Kier molecular flexibility index (Phi) is 22.5. The molecule has 0 rings (SSSR count). The van der Waals surface area contributed by atoms with E-state index in [2.05, 4.69) is 19.2 Å². The lowest BCUT2D eigenvalue weighted by atomic mass is 10.1. The molecule has 0 amide bonds. The minimum absolute atomic E-state index is 1.00. The molecule has 5 heteroatoms. The Hall–Kier alpha value is 0.680. The maximum atomic E-state index is 5.43. The van der Waals surface area contributed by atoms with Crippen molar-refractivity contribution >= 4 is 55.9 Å². The first-order valence-electron chi connectivity index (χ1n) is 10.7. The molecular weight excluding hydrogens is 395 g/mol. The molecule has 0 atom stereocenters. The van der Waals surface area contributed by atoms with Crippen molar-refractivity contribution < 1.29 is 0 Å². The Bertz CT molecular complexity index is 334. The molecular formula is C21H41NS4. The molecule has 0 radical (unpaired) electrons. The summed E-state index contributed by atoms with van der Waals surface area (Å²) in [4.78, 5) is 2.28. The van der Waals surface area contributed by atoms with Gasteiger partial charge in [0.25, 0.3) is 0 Å². The van der Waals surface area contributed by atoms with Gasteiger partial charge in [-0.3, -0.25) is 0 Å². The van der Waals surface area contributed by atoms with Crippen LogP contribution in [0, 0.1) is 0 Å². The van der Waals surface area contributed by atoms with E-state index in [4.69, 9.17) is 24.4 Å². The number of unbranched alkanes of at least 4 members (excludes halogenated alkanes) is 9. The van der Waals surface area contributed by atoms with E-state index >= 15 is 0 Å². The first-order chi connectivity index (χ1) is 12.7. The maximum absolute atomic E-state index is 5.43. The van der Waals surface area contributed by atoms with Crippen LogP contribution in [0.3, 0.4) is 0 Å². The molecule has 0 aromatic rings. The Morgan fingerprint density at radius 1 is 0.692 bits per heavy atom. The number of thiocarbonyl (C=S) groups is 2. The van der Waals surface area contributed by atoms with Gasteiger partial charge in [-0.2, -0.15) is 0 Å². The molecule has 1 nitrogen and oxygen atoms in total. The molecule has 0 aliphatic rings. The topological polar surface area (TPSA) is 12.0 Å². The smallest absolute Gasteiger partial charge is 0.0753 e. The Balaban J connectivity index is 3.19. The van der Waals surface area contributed by atoms with E-state index in [-0.39, 0.29) is 0 Å². The first kappa shape index (κ1) is 26.7. The minimum atomic E-state index is 1.00. The van der Waals surface area contributed by atoms with Crippen molar-refractivity contribution in [2.45, 2.75) is 104 Å². The van der Waals surface area contributed by atoms with Crippen molar-refractivity contribution in [3.05, 3.63) is 0 Å². The minimum Gasteiger partial charge on any atom is -0.379 e. The summed E-state index contributed by atoms with van der Waals surface area (Å²) in [6.45, 7) is 5.43. The van der Waals surface area contributed by atoms with Gasteiger partial charge in [0, 0.05) is 18.1 Å². The molecule has 0 aromatic heterocycles. The zero-order valence-corrected chi connectivity index (χ0v) is 20.4. The van der Waals surface area contributed by atoms with Gasteiger partial charge in [0.15, 0.2) is 0 Å². The summed E-state index contributed by atoms with van der Waals surface area (Å²) >= 11 is 10.7. The number of hydrogen-bond acceptors (Lipinski definition) is 4. The second-order valence-corrected chi connectivity index (χ2v) is 10.7. The van der Waals surface area contributed by atoms with Crippen LogP contribution in [0.2, 0.25) is 0 Å². The van der Waals surface area contributed by atoms with E-state index in [1.165, 1.54) is 81.2 Å². The van der Waals surface area contributed by atoms with Gasteiger partial charge in [0.2, 0.25) is 0 Å². The fourth-order valence-electron chi connectivity index (χ4n) is 2.72. The van der Waals surface area contributed by atoms with Crippen LogP contribution in [0.15, 0.2) is 0 Å². The second-order valence-electron chi connectivity index (χ2n) is 6.92. The van der Waals surface area contributed by atoms with Crippen LogP contribution in [0.4, 0.5) is 0 Å². The molecule has 0 heterocycles. The predicted octanol–water partition coefficient (Wildman–Crippen LogP) is 8.16. The standard InChI is InChI=1S/C21H41NS4/c1-3-5-6-7-8-9-10-11-12-13-16-21(24)22-17-19-26-25-18-14-15-20(23)4-2/h3-19H2,1-2H3,(H,22,24). The zero-order valence-electron chi connectivity index (χ0n) is 17.2. The quantitative estimate of drug-likeness (QED) is 0.117. The number of rotatable bonds is 20. The van der Waals surface area contributed by atoms with Gasteiger partial charge in [-0.05, 0) is 37.0 Å². The fourth-order valence-corrected chi connectivity index (χ4v) is 5.10. The average Bonchev–Trinajstić information content (AvgIpc) is 2.65. The molecule has 0 aliphatic carbocycles. The van der Waals surface area contributed by atoms with Gasteiger partial charge in [0.1, 0.15) is 0 Å². The Morgan fingerprint density at radius 3 is 1.88 bits per heavy atom. The van der Waals surface area contributed by atoms with Crippen molar-refractivity contribution in [1.82, 2.24) is 5.32 Å². The van der Waals surface area contributed by atoms with E-state index in [9.17, 15) is 0 Å². The highest BCUT2D eigenvalue weighted by atomic mass is 33.1. The van der Waals surface area contributed by atoms with Crippen LogP contribution in [0.1, 0.15) is 104 Å². The third-order valence-electron chi connectivity index (χ3n) is 4.43. The Morgan fingerprint density at radius 2 is 1.27 bits per heavy atom. The van der Waals surface area contributed by atoms with E-state index in [0.29, 0.717) is 0 Å². The van der Waals surface area contributed by atoms with Crippen LogP contribution in [-0.4, -0.2) is 27.9 Å². The molecule has 0 fully saturated rings. The lowest BCUT2D eigenvalue weighted by Crippen LogP contribution is -2.23. The van der Waals surface area contributed by atoms with Gasteiger partial charge in [-0.1, -0.05) is 118 Å². The molecule has 0 aliphatic heterocycles. The Labute approximate surface area is 182 Å². The predicted molar refractivity (Wildman–Crippen MR) is 134 cm³/mol. The fraction of sp³-hybridized carbons (Fsp3) is 0.905. The highest BCUT2D eigenvalue weighted by molar-refractivity contribution is 8.76. The van der Waals surface area contributed by atoms with Crippen molar-refractivity contribution in [2.24, 2.45) is 0 Å². The number of hydrogen-bond donors (Lipinski definition) is 1. The van der Waals surface area contributed by atoms with Gasteiger partial charge in [-0.25, -0.2) is 0 Å². The van der Waals surface area contributed by atoms with E-state index in [1.54, 1.807) is 0 Å². The average molecular weight is 436 g/mol. The molecule has 0 spiro atoms. The lowest BCUT2D eigenvalue weighted by molar-refractivity contribution is 0.559. The molecule has 1 N–H and O–H groups in total. The summed E-state index contributed by atoms with van der Waals surface area (Å²) < 4.78 is 0. The maximum Gasteiger partial charge on any atom is 0.0753 e. The van der Waals surface area contributed by atoms with Crippen LogP contribution >= 0.6 is 46.0 Å². The van der Waals surface area contributed by atoms with Crippen LogP contribution in [-0.2, 0) is 0 Å².